The lowest BCUT2D eigenvalue weighted by Gasteiger charge is -2.10. The molecule has 0 saturated heterocycles. The molecule has 0 fully saturated rings. The Morgan fingerprint density at radius 2 is 1.70 bits per heavy atom. The Labute approximate surface area is 190 Å². The largest absolute Gasteiger partial charge is 0.490 e. The Morgan fingerprint density at radius 1 is 0.970 bits per heavy atom. The van der Waals surface area contributed by atoms with Crippen molar-refractivity contribution in [2.45, 2.75) is 19.9 Å². The number of rotatable bonds is 6. The number of imide groups is 1. The van der Waals surface area contributed by atoms with Crippen molar-refractivity contribution in [3.63, 3.8) is 0 Å². The number of fused-ring (bicyclic) bond motifs is 2. The lowest BCUT2D eigenvalue weighted by molar-refractivity contribution is -0.134. The molecule has 1 aliphatic heterocycles. The maximum atomic E-state index is 13.4. The van der Waals surface area contributed by atoms with Crippen LogP contribution in [-0.4, -0.2) is 46.6 Å². The summed E-state index contributed by atoms with van der Waals surface area (Å²) < 4.78 is 13.5. The normalized spacial score (nSPS) is 14.5. The zero-order chi connectivity index (χ0) is 23.3. The van der Waals surface area contributed by atoms with Crippen LogP contribution in [-0.2, 0) is 9.59 Å². The van der Waals surface area contributed by atoms with Gasteiger partial charge in [-0.3, -0.25) is 14.5 Å². The van der Waals surface area contributed by atoms with Gasteiger partial charge in [0.1, 0.15) is 17.9 Å². The molecule has 2 aromatic heterocycles. The minimum atomic E-state index is -0.377. The second-order valence-corrected chi connectivity index (χ2v) is 8.33. The Morgan fingerprint density at radius 3 is 2.42 bits per heavy atom. The number of benzene rings is 2. The van der Waals surface area contributed by atoms with Crippen LogP contribution in [0.25, 0.3) is 33.0 Å². The number of ether oxygens (including phenoxy) is 1. The summed E-state index contributed by atoms with van der Waals surface area (Å²) in [5.41, 5.74) is 3.38. The second-order valence-electron chi connectivity index (χ2n) is 8.33. The fraction of sp³-hybridized carbons (Fsp3) is 0.231. The first-order chi connectivity index (χ1) is 15.9. The van der Waals surface area contributed by atoms with Crippen LogP contribution in [0.3, 0.4) is 0 Å². The van der Waals surface area contributed by atoms with Crippen molar-refractivity contribution >= 4 is 44.8 Å². The van der Waals surface area contributed by atoms with E-state index in [-0.39, 0.29) is 31.1 Å². The highest BCUT2D eigenvalue weighted by Gasteiger charge is 2.39. The summed E-state index contributed by atoms with van der Waals surface area (Å²) in [6.07, 6.45) is 3.48. The van der Waals surface area contributed by atoms with Crippen molar-refractivity contribution in [2.24, 2.45) is 0 Å². The number of furan rings is 1. The predicted molar refractivity (Wildman–Crippen MR) is 126 cm³/mol. The van der Waals surface area contributed by atoms with Crippen LogP contribution in [0.15, 0.2) is 59.3 Å². The standard InChI is InChI=1S/C26H24N2O5/c1-15(2)28-14-19(16-6-4-5-7-20(16)28)23-22(25(30)27(3)26(23)31)18-8-9-21(32-13-11-29)17-10-12-33-24(17)18/h4-10,12,14-15,29H,11,13H2,1-3H3. The zero-order valence-electron chi connectivity index (χ0n) is 18.7. The highest BCUT2D eigenvalue weighted by molar-refractivity contribution is 6.50. The Hall–Kier alpha value is -3.84. The number of nitrogens with zero attached hydrogens (tertiary/aromatic N) is 2. The van der Waals surface area contributed by atoms with E-state index in [1.165, 1.54) is 13.3 Å². The van der Waals surface area contributed by atoms with Crippen molar-refractivity contribution in [3.8, 4) is 5.75 Å². The van der Waals surface area contributed by atoms with Gasteiger partial charge in [0.25, 0.3) is 11.8 Å². The Balaban J connectivity index is 1.80. The summed E-state index contributed by atoms with van der Waals surface area (Å²) in [4.78, 5) is 27.8. The van der Waals surface area contributed by atoms with Gasteiger partial charge in [-0.2, -0.15) is 0 Å². The molecule has 7 nitrogen and oxygen atoms in total. The molecule has 0 spiro atoms. The van der Waals surface area contributed by atoms with Gasteiger partial charge in [-0.05, 0) is 38.1 Å². The molecule has 1 aliphatic rings. The van der Waals surface area contributed by atoms with E-state index < -0.39 is 0 Å². The minimum absolute atomic E-state index is 0.117. The number of likely N-dealkylation sites (N-methyl/N-ethyl adjacent to an activating group) is 1. The van der Waals surface area contributed by atoms with Crippen LogP contribution in [0.4, 0.5) is 0 Å². The smallest absolute Gasteiger partial charge is 0.262 e. The van der Waals surface area contributed by atoms with Crippen molar-refractivity contribution in [1.82, 2.24) is 9.47 Å². The molecule has 0 unspecified atom stereocenters. The molecule has 7 heteroatoms. The van der Waals surface area contributed by atoms with Gasteiger partial charge in [-0.15, -0.1) is 0 Å². The number of carbonyl (C=O) groups is 2. The van der Waals surface area contributed by atoms with E-state index in [0.29, 0.717) is 33.4 Å². The van der Waals surface area contributed by atoms with Gasteiger partial charge in [0.2, 0.25) is 0 Å². The summed E-state index contributed by atoms with van der Waals surface area (Å²) in [5, 5.41) is 10.7. The van der Waals surface area contributed by atoms with Gasteiger partial charge >= 0.3 is 0 Å². The molecular weight excluding hydrogens is 420 g/mol. The first-order valence-electron chi connectivity index (χ1n) is 10.8. The molecule has 0 saturated carbocycles. The highest BCUT2D eigenvalue weighted by Crippen LogP contribution is 2.42. The molecule has 5 rings (SSSR count). The van der Waals surface area contributed by atoms with Crippen LogP contribution < -0.4 is 4.74 Å². The van der Waals surface area contributed by atoms with E-state index >= 15 is 0 Å². The Bertz CT molecular complexity index is 1440. The third kappa shape index (κ3) is 3.15. The number of aliphatic hydroxyl groups is 1. The monoisotopic (exact) mass is 444 g/mol. The van der Waals surface area contributed by atoms with Crippen molar-refractivity contribution < 1.29 is 23.8 Å². The predicted octanol–water partition coefficient (Wildman–Crippen LogP) is 4.25. The van der Waals surface area contributed by atoms with E-state index in [9.17, 15) is 9.59 Å². The number of hydrogen-bond donors (Lipinski definition) is 1. The summed E-state index contributed by atoms with van der Waals surface area (Å²) in [7, 11) is 1.50. The molecule has 33 heavy (non-hydrogen) atoms. The van der Waals surface area contributed by atoms with Gasteiger partial charge in [0.05, 0.1) is 29.4 Å². The topological polar surface area (TPSA) is 84.9 Å². The number of amides is 2. The molecule has 1 N–H and O–H groups in total. The van der Waals surface area contributed by atoms with E-state index in [0.717, 1.165) is 21.4 Å². The number of para-hydroxylation sites is 1. The zero-order valence-corrected chi connectivity index (χ0v) is 18.7. The average Bonchev–Trinajstić information content (AvgIpc) is 3.50. The first-order valence-corrected chi connectivity index (χ1v) is 10.8. The van der Waals surface area contributed by atoms with Crippen LogP contribution in [0.2, 0.25) is 0 Å². The van der Waals surface area contributed by atoms with E-state index in [4.69, 9.17) is 14.3 Å². The second kappa shape index (κ2) is 7.94. The fourth-order valence-electron chi connectivity index (χ4n) is 4.49. The maximum Gasteiger partial charge on any atom is 0.262 e. The molecule has 0 atom stereocenters. The van der Waals surface area contributed by atoms with Crippen LogP contribution in [0.1, 0.15) is 31.0 Å². The molecular formula is C26H24N2O5. The van der Waals surface area contributed by atoms with Crippen LogP contribution in [0, 0.1) is 0 Å². The molecule has 2 amide bonds. The van der Waals surface area contributed by atoms with Gasteiger partial charge in [-0.1, -0.05) is 18.2 Å². The fourth-order valence-corrected chi connectivity index (χ4v) is 4.49. The molecule has 4 aromatic rings. The lowest BCUT2D eigenvalue weighted by atomic mass is 9.95. The first kappa shape index (κ1) is 21.0. The quantitative estimate of drug-likeness (QED) is 0.450. The third-order valence-electron chi connectivity index (χ3n) is 6.05. The third-order valence-corrected chi connectivity index (χ3v) is 6.05. The molecule has 3 heterocycles. The van der Waals surface area contributed by atoms with Crippen molar-refractivity contribution in [2.75, 3.05) is 20.3 Å². The SMILES string of the molecule is CC(C)n1cc(C2=C(c3ccc(OCCO)c4ccoc34)C(=O)N(C)C2=O)c2ccccc21. The number of aliphatic hydroxyl groups excluding tert-OH is 1. The highest BCUT2D eigenvalue weighted by atomic mass is 16.5. The summed E-state index contributed by atoms with van der Waals surface area (Å²) >= 11 is 0. The summed E-state index contributed by atoms with van der Waals surface area (Å²) in [5.74, 6) is -0.180. The number of hydrogen-bond acceptors (Lipinski definition) is 5. The molecule has 168 valence electrons. The maximum absolute atomic E-state index is 13.4. The average molecular weight is 444 g/mol. The molecule has 0 aliphatic carbocycles. The van der Waals surface area contributed by atoms with Crippen molar-refractivity contribution in [1.29, 1.82) is 0 Å². The van der Waals surface area contributed by atoms with E-state index in [2.05, 4.69) is 18.4 Å². The lowest BCUT2D eigenvalue weighted by Crippen LogP contribution is -2.26. The minimum Gasteiger partial charge on any atom is -0.490 e. The number of carbonyl (C=O) groups excluding carboxylic acids is 2. The Kier molecular flexibility index (Phi) is 5.06. The van der Waals surface area contributed by atoms with Gasteiger partial charge in [0.15, 0.2) is 0 Å². The molecule has 0 bridgehead atoms. The van der Waals surface area contributed by atoms with E-state index in [1.807, 2.05) is 30.5 Å². The van der Waals surface area contributed by atoms with Gasteiger partial charge < -0.3 is 18.8 Å². The summed E-state index contributed by atoms with van der Waals surface area (Å²) in [6, 6.07) is 13.3. The summed E-state index contributed by atoms with van der Waals surface area (Å²) in [6.45, 7) is 4.18. The van der Waals surface area contributed by atoms with Crippen LogP contribution in [0.5, 0.6) is 5.75 Å². The molecule has 2 aromatic carbocycles. The van der Waals surface area contributed by atoms with E-state index in [1.54, 1.807) is 18.2 Å². The number of aromatic nitrogens is 1. The van der Waals surface area contributed by atoms with Gasteiger partial charge in [-0.25, -0.2) is 0 Å². The van der Waals surface area contributed by atoms with Gasteiger partial charge in [0, 0.05) is 41.3 Å². The van der Waals surface area contributed by atoms with Crippen molar-refractivity contribution in [3.05, 3.63) is 66.1 Å². The van der Waals surface area contributed by atoms with Crippen LogP contribution >= 0.6 is 0 Å². The molecule has 0 radical (unpaired) electrons.